The van der Waals surface area contributed by atoms with Crippen LogP contribution in [0.2, 0.25) is 0 Å². The molecule has 8 heteroatoms. The van der Waals surface area contributed by atoms with Gasteiger partial charge >= 0.3 is 0 Å². The number of ether oxygens (including phenoxy) is 1. The van der Waals surface area contributed by atoms with Crippen LogP contribution in [0.4, 0.5) is 4.39 Å². The average Bonchev–Trinajstić information content (AvgIpc) is 3.21. The number of aryl methyl sites for hydroxylation is 1. The second kappa shape index (κ2) is 11.1. The van der Waals surface area contributed by atoms with Crippen LogP contribution in [0.3, 0.4) is 0 Å². The number of amides is 1. The summed E-state index contributed by atoms with van der Waals surface area (Å²) in [5, 5.41) is 0. The van der Waals surface area contributed by atoms with Gasteiger partial charge in [-0.15, -0.1) is 12.4 Å². The Balaban J connectivity index is 0.00000193. The normalized spacial score (nSPS) is 15.6. The molecule has 6 nitrogen and oxygen atoms in total. The molecule has 1 aliphatic heterocycles. The summed E-state index contributed by atoms with van der Waals surface area (Å²) in [4.78, 5) is 19.3. The maximum Gasteiger partial charge on any atom is 0.250 e. The third-order valence-corrected chi connectivity index (χ3v) is 5.74. The molecule has 1 atom stereocenters. The molecular formula is C25H29ClFN3O3. The molecule has 0 aliphatic carbocycles. The number of nitrogens with zero attached hydrogens (tertiary/aromatic N) is 3. The predicted molar refractivity (Wildman–Crippen MR) is 129 cm³/mol. The molecular weight excluding hydrogens is 445 g/mol. The molecule has 0 bridgehead atoms. The summed E-state index contributed by atoms with van der Waals surface area (Å²) >= 11 is 0. The maximum absolute atomic E-state index is 13.3. The average molecular weight is 474 g/mol. The molecule has 2 heterocycles. The number of imidazole rings is 1. The fraction of sp³-hybridized carbons (Fsp3) is 0.280. The van der Waals surface area contributed by atoms with E-state index in [1.807, 2.05) is 53.8 Å². The summed E-state index contributed by atoms with van der Waals surface area (Å²) in [5.41, 5.74) is 4.44. The van der Waals surface area contributed by atoms with E-state index in [9.17, 15) is 9.18 Å². The van der Waals surface area contributed by atoms with Crippen LogP contribution in [0, 0.1) is 12.7 Å². The first-order valence-corrected chi connectivity index (χ1v) is 10.4. The van der Waals surface area contributed by atoms with Crippen LogP contribution in [-0.4, -0.2) is 39.5 Å². The molecule has 1 aromatic heterocycles. The number of halogens is 2. The number of aromatic nitrogens is 2. The molecule has 0 radical (unpaired) electrons. The van der Waals surface area contributed by atoms with Gasteiger partial charge in [-0.3, -0.25) is 4.79 Å². The molecule has 0 saturated carbocycles. The van der Waals surface area contributed by atoms with Crippen molar-refractivity contribution in [2.45, 2.75) is 32.7 Å². The second-order valence-corrected chi connectivity index (χ2v) is 7.85. The van der Waals surface area contributed by atoms with Crippen LogP contribution in [0.25, 0.3) is 11.8 Å². The molecule has 1 saturated heterocycles. The molecule has 3 aromatic rings. The number of hydrogen-bond acceptors (Lipinski definition) is 3. The highest BCUT2D eigenvalue weighted by molar-refractivity contribution is 5.98. The Hall–Kier alpha value is -3.16. The fourth-order valence-electron chi connectivity index (χ4n) is 4.01. The van der Waals surface area contributed by atoms with Gasteiger partial charge in [-0.2, -0.15) is 0 Å². The lowest BCUT2D eigenvalue weighted by Crippen LogP contribution is -2.38. The summed E-state index contributed by atoms with van der Waals surface area (Å²) in [7, 11) is 1.64. The van der Waals surface area contributed by atoms with Gasteiger partial charge in [0.1, 0.15) is 11.6 Å². The van der Waals surface area contributed by atoms with Crippen molar-refractivity contribution in [3.8, 4) is 11.4 Å². The first-order valence-electron chi connectivity index (χ1n) is 10.4. The Kier molecular flexibility index (Phi) is 8.79. The maximum atomic E-state index is 13.3. The van der Waals surface area contributed by atoms with Gasteiger partial charge in [-0.1, -0.05) is 18.2 Å². The SMILES string of the molecule is COc1cc(/C=C2\CCCN([C@@H](C)c3ccc(F)cc3)C2=O)ccc1-n1cnc(C)c1.Cl.O. The van der Waals surface area contributed by atoms with Crippen LogP contribution >= 0.6 is 12.4 Å². The second-order valence-electron chi connectivity index (χ2n) is 7.85. The number of carbonyl (C=O) groups is 1. The van der Waals surface area contributed by atoms with Gasteiger partial charge in [0.25, 0.3) is 0 Å². The smallest absolute Gasteiger partial charge is 0.250 e. The van der Waals surface area contributed by atoms with Gasteiger partial charge in [-0.25, -0.2) is 9.37 Å². The van der Waals surface area contributed by atoms with Crippen LogP contribution < -0.4 is 4.74 Å². The zero-order chi connectivity index (χ0) is 22.0. The number of methoxy groups -OCH3 is 1. The van der Waals surface area contributed by atoms with Gasteiger partial charge in [0.2, 0.25) is 5.91 Å². The van der Waals surface area contributed by atoms with Crippen molar-refractivity contribution in [1.29, 1.82) is 0 Å². The van der Waals surface area contributed by atoms with Crippen LogP contribution in [-0.2, 0) is 4.79 Å². The zero-order valence-electron chi connectivity index (χ0n) is 18.9. The minimum atomic E-state index is -0.273. The summed E-state index contributed by atoms with van der Waals surface area (Å²) < 4.78 is 20.8. The van der Waals surface area contributed by atoms with Gasteiger partial charge in [0.05, 0.1) is 30.9 Å². The topological polar surface area (TPSA) is 78.9 Å². The van der Waals surface area contributed by atoms with Crippen molar-refractivity contribution < 1.29 is 19.4 Å². The number of carbonyl (C=O) groups excluding carboxylic acids is 1. The fourth-order valence-corrected chi connectivity index (χ4v) is 4.01. The molecule has 1 aliphatic rings. The third-order valence-electron chi connectivity index (χ3n) is 5.74. The van der Waals surface area contributed by atoms with Crippen molar-refractivity contribution in [3.63, 3.8) is 0 Å². The van der Waals surface area contributed by atoms with Crippen molar-refractivity contribution in [2.24, 2.45) is 0 Å². The quantitative estimate of drug-likeness (QED) is 0.504. The van der Waals surface area contributed by atoms with E-state index in [0.717, 1.165) is 40.9 Å². The van der Waals surface area contributed by atoms with Crippen molar-refractivity contribution in [3.05, 3.63) is 83.2 Å². The highest BCUT2D eigenvalue weighted by atomic mass is 35.5. The van der Waals surface area contributed by atoms with E-state index in [-0.39, 0.29) is 35.6 Å². The lowest BCUT2D eigenvalue weighted by molar-refractivity contribution is -0.130. The Labute approximate surface area is 199 Å². The number of rotatable bonds is 5. The monoisotopic (exact) mass is 473 g/mol. The van der Waals surface area contributed by atoms with Crippen LogP contribution in [0.5, 0.6) is 5.75 Å². The number of hydrogen-bond donors (Lipinski definition) is 0. The minimum Gasteiger partial charge on any atom is -0.495 e. The first-order chi connectivity index (χ1) is 15.0. The summed E-state index contributed by atoms with van der Waals surface area (Å²) in [5.74, 6) is 0.465. The van der Waals surface area contributed by atoms with E-state index >= 15 is 0 Å². The van der Waals surface area contributed by atoms with Crippen molar-refractivity contribution >= 4 is 24.4 Å². The zero-order valence-corrected chi connectivity index (χ0v) is 19.7. The van der Waals surface area contributed by atoms with E-state index in [1.54, 1.807) is 25.6 Å². The molecule has 0 spiro atoms. The molecule has 1 fully saturated rings. The number of likely N-dealkylation sites (tertiary alicyclic amines) is 1. The standard InChI is InChI=1S/C25H26FN3O2.ClH.H2O/c1-17-15-28(16-27-17)23-11-6-19(14-24(23)31-3)13-21-5-4-12-29(25(21)30)18(2)20-7-9-22(26)10-8-20;;/h6-11,13-16,18H,4-5,12H2,1-3H3;1H;1H2/b21-13+;;/t18-;;/m0../s1. The summed E-state index contributed by atoms with van der Waals surface area (Å²) in [6, 6.07) is 12.1. The molecule has 2 aromatic carbocycles. The molecule has 176 valence electrons. The van der Waals surface area contributed by atoms with Crippen molar-refractivity contribution in [1.82, 2.24) is 14.5 Å². The summed E-state index contributed by atoms with van der Waals surface area (Å²) in [6.45, 7) is 4.62. The van der Waals surface area contributed by atoms with E-state index in [2.05, 4.69) is 4.98 Å². The van der Waals surface area contributed by atoms with Gasteiger partial charge in [0.15, 0.2) is 0 Å². The highest BCUT2D eigenvalue weighted by Gasteiger charge is 2.28. The van der Waals surface area contributed by atoms with E-state index in [4.69, 9.17) is 4.74 Å². The van der Waals surface area contributed by atoms with Crippen molar-refractivity contribution in [2.75, 3.05) is 13.7 Å². The van der Waals surface area contributed by atoms with Crippen LogP contribution in [0.1, 0.15) is 42.6 Å². The molecule has 1 amide bonds. The van der Waals surface area contributed by atoms with Gasteiger partial charge < -0.3 is 19.7 Å². The van der Waals surface area contributed by atoms with E-state index < -0.39 is 0 Å². The molecule has 4 rings (SSSR count). The Bertz CT molecular complexity index is 1130. The lowest BCUT2D eigenvalue weighted by Gasteiger charge is -2.34. The van der Waals surface area contributed by atoms with Gasteiger partial charge in [0, 0.05) is 18.3 Å². The van der Waals surface area contributed by atoms with E-state index in [0.29, 0.717) is 12.3 Å². The highest BCUT2D eigenvalue weighted by Crippen LogP contribution is 2.30. The molecule has 2 N–H and O–H groups in total. The molecule has 0 unspecified atom stereocenters. The Morgan fingerprint density at radius 3 is 2.55 bits per heavy atom. The number of piperidine rings is 1. The van der Waals surface area contributed by atoms with E-state index in [1.165, 1.54) is 12.1 Å². The summed E-state index contributed by atoms with van der Waals surface area (Å²) in [6.07, 6.45) is 7.26. The third kappa shape index (κ3) is 5.61. The first kappa shape index (κ1) is 26.1. The Morgan fingerprint density at radius 2 is 1.91 bits per heavy atom. The minimum absolute atomic E-state index is 0. The van der Waals surface area contributed by atoms with Crippen LogP contribution in [0.15, 0.2) is 60.6 Å². The lowest BCUT2D eigenvalue weighted by atomic mass is 9.97. The Morgan fingerprint density at radius 1 is 1.18 bits per heavy atom. The largest absolute Gasteiger partial charge is 0.495 e. The van der Waals surface area contributed by atoms with Gasteiger partial charge in [-0.05, 0) is 68.2 Å². The predicted octanol–water partition coefficient (Wildman–Crippen LogP) is 4.69. The molecule has 33 heavy (non-hydrogen) atoms. The number of benzene rings is 2.